The Hall–Kier alpha value is -1.77. The second-order valence-electron chi connectivity index (χ2n) is 5.49. The first kappa shape index (κ1) is 12.3. The molecule has 3 rings (SSSR count). The number of rotatable bonds is 4. The normalized spacial score (nSPS) is 19.5. The van der Waals surface area contributed by atoms with E-state index in [2.05, 4.69) is 36.2 Å². The lowest BCUT2D eigenvalue weighted by Gasteiger charge is -2.17. The van der Waals surface area contributed by atoms with E-state index >= 15 is 0 Å². The van der Waals surface area contributed by atoms with E-state index in [1.807, 2.05) is 11.1 Å². The second kappa shape index (κ2) is 5.08. The highest BCUT2D eigenvalue weighted by Crippen LogP contribution is 2.26. The van der Waals surface area contributed by atoms with Crippen LogP contribution in [0.4, 0.5) is 0 Å². The molecule has 3 heteroatoms. The van der Waals surface area contributed by atoms with Gasteiger partial charge in [0.25, 0.3) is 0 Å². The number of amides is 1. The highest BCUT2D eigenvalue weighted by Gasteiger charge is 2.28. The maximum atomic E-state index is 12.1. The van der Waals surface area contributed by atoms with Crippen molar-refractivity contribution in [3.05, 3.63) is 36.0 Å². The van der Waals surface area contributed by atoms with E-state index in [4.69, 9.17) is 0 Å². The molecule has 0 spiro atoms. The summed E-state index contributed by atoms with van der Waals surface area (Å²) in [6.45, 7) is 3.86. The summed E-state index contributed by atoms with van der Waals surface area (Å²) in [6.07, 6.45) is 5.02. The number of fused-ring (bicyclic) bond motifs is 1. The first-order valence-electron chi connectivity index (χ1n) is 7.10. The fraction of sp³-hybridized carbons (Fsp3) is 0.438. The molecule has 1 aliphatic rings. The highest BCUT2D eigenvalue weighted by molar-refractivity contribution is 5.84. The molecule has 0 aliphatic carbocycles. The van der Waals surface area contributed by atoms with Gasteiger partial charge in [0, 0.05) is 36.6 Å². The number of likely N-dealkylation sites (tertiary alicyclic amines) is 1. The number of nitrogens with zero attached hydrogens (tertiary/aromatic N) is 1. The molecule has 1 amide bonds. The summed E-state index contributed by atoms with van der Waals surface area (Å²) >= 11 is 0. The largest absolute Gasteiger partial charge is 0.361 e. The smallest absolute Gasteiger partial charge is 0.223 e. The molecule has 1 saturated heterocycles. The Kier molecular flexibility index (Phi) is 3.28. The van der Waals surface area contributed by atoms with Crippen molar-refractivity contribution in [2.45, 2.75) is 32.7 Å². The van der Waals surface area contributed by atoms with E-state index in [-0.39, 0.29) is 0 Å². The zero-order valence-corrected chi connectivity index (χ0v) is 11.4. The molecule has 1 unspecified atom stereocenters. The van der Waals surface area contributed by atoms with Crippen molar-refractivity contribution in [1.82, 2.24) is 9.88 Å². The van der Waals surface area contributed by atoms with Gasteiger partial charge in [0.05, 0.1) is 0 Å². The Morgan fingerprint density at radius 1 is 1.37 bits per heavy atom. The molecular weight excluding hydrogens is 236 g/mol. The number of aromatic amines is 1. The van der Waals surface area contributed by atoms with E-state index in [0.29, 0.717) is 11.8 Å². The molecule has 1 aromatic carbocycles. The zero-order chi connectivity index (χ0) is 13.2. The minimum absolute atomic E-state index is 0.311. The van der Waals surface area contributed by atoms with Gasteiger partial charge in [-0.2, -0.15) is 0 Å². The summed E-state index contributed by atoms with van der Waals surface area (Å²) in [5, 5.41) is 1.23. The van der Waals surface area contributed by atoms with Crippen molar-refractivity contribution < 1.29 is 4.79 Å². The Bertz CT molecular complexity index is 587. The Labute approximate surface area is 113 Å². The number of H-pyrrole nitrogens is 1. The molecular formula is C16H20N2O. The summed E-state index contributed by atoms with van der Waals surface area (Å²) in [5.74, 6) is 0.869. The van der Waals surface area contributed by atoms with Crippen molar-refractivity contribution in [2.75, 3.05) is 6.54 Å². The first-order valence-corrected chi connectivity index (χ1v) is 7.10. The molecule has 2 aromatic rings. The van der Waals surface area contributed by atoms with Crippen LogP contribution in [0.5, 0.6) is 0 Å². The number of carbonyl (C=O) groups excluding carboxylic acids is 1. The van der Waals surface area contributed by atoms with Crippen molar-refractivity contribution in [3.8, 4) is 0 Å². The van der Waals surface area contributed by atoms with E-state index in [9.17, 15) is 4.79 Å². The maximum Gasteiger partial charge on any atom is 0.223 e. The van der Waals surface area contributed by atoms with Crippen LogP contribution in [0.25, 0.3) is 10.9 Å². The first-order chi connectivity index (χ1) is 9.28. The van der Waals surface area contributed by atoms with Gasteiger partial charge in [0.2, 0.25) is 5.91 Å². The number of hydrogen-bond acceptors (Lipinski definition) is 1. The van der Waals surface area contributed by atoms with Crippen molar-refractivity contribution >= 4 is 16.8 Å². The summed E-state index contributed by atoms with van der Waals surface area (Å²) in [7, 11) is 0. The van der Waals surface area contributed by atoms with Gasteiger partial charge in [-0.1, -0.05) is 25.5 Å². The van der Waals surface area contributed by atoms with Crippen molar-refractivity contribution in [1.29, 1.82) is 0 Å². The Balaban J connectivity index is 1.78. The number of hydrogen-bond donors (Lipinski definition) is 1. The molecule has 0 saturated carbocycles. The van der Waals surface area contributed by atoms with E-state index < -0.39 is 0 Å². The van der Waals surface area contributed by atoms with Crippen LogP contribution in [-0.4, -0.2) is 22.3 Å². The fourth-order valence-corrected chi connectivity index (χ4v) is 3.10. The van der Waals surface area contributed by atoms with E-state index in [1.54, 1.807) is 0 Å². The van der Waals surface area contributed by atoms with Crippen LogP contribution in [0.15, 0.2) is 30.5 Å². The quantitative estimate of drug-likeness (QED) is 0.895. The summed E-state index contributed by atoms with van der Waals surface area (Å²) in [6, 6.07) is 8.34. The predicted molar refractivity (Wildman–Crippen MR) is 76.7 cm³/mol. The molecule has 0 bridgehead atoms. The molecule has 1 fully saturated rings. The molecule has 19 heavy (non-hydrogen) atoms. The third-order valence-corrected chi connectivity index (χ3v) is 4.04. The molecule has 1 aromatic heterocycles. The number of carbonyl (C=O) groups is 1. The number of benzene rings is 1. The van der Waals surface area contributed by atoms with Crippen molar-refractivity contribution in [2.24, 2.45) is 5.92 Å². The Morgan fingerprint density at radius 3 is 3.11 bits per heavy atom. The predicted octanol–water partition coefficient (Wildman–Crippen LogP) is 3.32. The van der Waals surface area contributed by atoms with E-state index in [0.717, 1.165) is 31.4 Å². The van der Waals surface area contributed by atoms with Crippen LogP contribution < -0.4 is 0 Å². The highest BCUT2D eigenvalue weighted by atomic mass is 16.2. The van der Waals surface area contributed by atoms with Crippen LogP contribution in [0.3, 0.4) is 0 Å². The third kappa shape index (κ3) is 2.37. The van der Waals surface area contributed by atoms with Gasteiger partial charge in [0.1, 0.15) is 0 Å². The zero-order valence-electron chi connectivity index (χ0n) is 11.4. The van der Waals surface area contributed by atoms with Crippen LogP contribution in [0.2, 0.25) is 0 Å². The summed E-state index contributed by atoms with van der Waals surface area (Å²) < 4.78 is 0. The monoisotopic (exact) mass is 256 g/mol. The average molecular weight is 256 g/mol. The molecule has 1 N–H and O–H groups in total. The second-order valence-corrected chi connectivity index (χ2v) is 5.49. The number of aromatic nitrogens is 1. The van der Waals surface area contributed by atoms with Gasteiger partial charge in [-0.3, -0.25) is 4.79 Å². The topological polar surface area (TPSA) is 36.1 Å². The minimum atomic E-state index is 0.311. The molecule has 0 radical (unpaired) electrons. The molecule has 1 aliphatic heterocycles. The molecule has 3 nitrogen and oxygen atoms in total. The molecule has 2 heterocycles. The molecule has 1 atom stereocenters. The lowest BCUT2D eigenvalue weighted by Crippen LogP contribution is -2.24. The third-order valence-electron chi connectivity index (χ3n) is 4.04. The van der Waals surface area contributed by atoms with Crippen molar-refractivity contribution in [3.63, 3.8) is 0 Å². The van der Waals surface area contributed by atoms with Crippen LogP contribution >= 0.6 is 0 Å². The molecule has 100 valence electrons. The minimum Gasteiger partial charge on any atom is -0.361 e. The summed E-state index contributed by atoms with van der Waals surface area (Å²) in [5.41, 5.74) is 2.39. The van der Waals surface area contributed by atoms with Crippen LogP contribution in [-0.2, 0) is 11.3 Å². The number of nitrogens with one attached hydrogen (secondary N) is 1. The summed E-state index contributed by atoms with van der Waals surface area (Å²) in [4.78, 5) is 17.3. The lowest BCUT2D eigenvalue weighted by molar-refractivity contribution is -0.128. The van der Waals surface area contributed by atoms with Crippen LogP contribution in [0.1, 0.15) is 31.7 Å². The van der Waals surface area contributed by atoms with E-state index in [1.165, 1.54) is 17.4 Å². The maximum absolute atomic E-state index is 12.1. The van der Waals surface area contributed by atoms with Gasteiger partial charge in [-0.25, -0.2) is 0 Å². The Morgan fingerprint density at radius 2 is 2.26 bits per heavy atom. The van der Waals surface area contributed by atoms with Gasteiger partial charge < -0.3 is 9.88 Å². The van der Waals surface area contributed by atoms with Gasteiger partial charge in [-0.05, 0) is 30.0 Å². The standard InChI is InChI=1S/C16H20N2O/c1-2-4-12-9-16(19)18(10-12)11-13-5-3-6-15-14(13)7-8-17-15/h3,5-8,12,17H,2,4,9-11H2,1H3. The average Bonchev–Trinajstić information content (AvgIpc) is 2.98. The van der Waals surface area contributed by atoms with Gasteiger partial charge >= 0.3 is 0 Å². The van der Waals surface area contributed by atoms with Crippen LogP contribution in [0, 0.1) is 5.92 Å². The fourth-order valence-electron chi connectivity index (χ4n) is 3.10. The SMILES string of the molecule is CCCC1CC(=O)N(Cc2cccc3[nH]ccc23)C1. The lowest BCUT2D eigenvalue weighted by atomic mass is 10.0. The van der Waals surface area contributed by atoms with Gasteiger partial charge in [0.15, 0.2) is 0 Å². The van der Waals surface area contributed by atoms with Gasteiger partial charge in [-0.15, -0.1) is 0 Å².